The average molecular weight is 256 g/mol. The molecule has 17 heavy (non-hydrogen) atoms. The Morgan fingerprint density at radius 3 is 2.29 bits per heavy atom. The maximum atomic E-state index is 11.9. The molecule has 0 amide bonds. The van der Waals surface area contributed by atoms with Gasteiger partial charge in [0.05, 0.1) is 11.4 Å². The lowest BCUT2D eigenvalue weighted by Gasteiger charge is -2.22. The number of rotatable bonds is 5. The van der Waals surface area contributed by atoms with Crippen LogP contribution in [0.5, 0.6) is 0 Å². The van der Waals surface area contributed by atoms with Crippen molar-refractivity contribution in [2.24, 2.45) is 0 Å². The minimum atomic E-state index is -3.22. The monoisotopic (exact) mass is 256 g/mol. The largest absolute Gasteiger partial charge is 0.387 e. The third-order valence-electron chi connectivity index (χ3n) is 3.13. The predicted molar refractivity (Wildman–Crippen MR) is 69.7 cm³/mol. The van der Waals surface area contributed by atoms with Crippen molar-refractivity contribution >= 4 is 9.84 Å². The van der Waals surface area contributed by atoms with E-state index >= 15 is 0 Å². The summed E-state index contributed by atoms with van der Waals surface area (Å²) >= 11 is 0. The lowest BCUT2D eigenvalue weighted by atomic mass is 10.00. The fourth-order valence-electron chi connectivity index (χ4n) is 2.01. The molecule has 0 heterocycles. The van der Waals surface area contributed by atoms with Gasteiger partial charge in [0.1, 0.15) is 0 Å². The second-order valence-corrected chi connectivity index (χ2v) is 6.71. The Bertz CT molecular complexity index is 465. The van der Waals surface area contributed by atoms with Crippen LogP contribution in [0.15, 0.2) is 24.3 Å². The molecule has 4 heteroatoms. The summed E-state index contributed by atoms with van der Waals surface area (Å²) in [5.41, 5.74) is 1.63. The number of hydrogen-bond acceptors (Lipinski definition) is 3. The first-order chi connectivity index (χ1) is 7.94. The average Bonchev–Trinajstić information content (AvgIpc) is 2.30. The van der Waals surface area contributed by atoms with E-state index < -0.39 is 21.2 Å². The van der Waals surface area contributed by atoms with Crippen LogP contribution in [0, 0.1) is 6.92 Å². The molecular weight excluding hydrogens is 236 g/mol. The highest BCUT2D eigenvalue weighted by atomic mass is 32.2. The molecule has 0 aliphatic carbocycles. The summed E-state index contributed by atoms with van der Waals surface area (Å²) in [6.07, 6.45) is -0.516. The van der Waals surface area contributed by atoms with E-state index in [1.807, 2.05) is 25.1 Å². The Hall–Kier alpha value is -0.870. The van der Waals surface area contributed by atoms with Crippen molar-refractivity contribution in [1.29, 1.82) is 0 Å². The van der Waals surface area contributed by atoms with Gasteiger partial charge in [0.2, 0.25) is 0 Å². The van der Waals surface area contributed by atoms with Crippen molar-refractivity contribution in [2.75, 3.05) is 5.75 Å². The lowest BCUT2D eigenvalue weighted by molar-refractivity contribution is 0.168. The van der Waals surface area contributed by atoms with E-state index in [0.29, 0.717) is 12.0 Å². The zero-order valence-corrected chi connectivity index (χ0v) is 11.4. The summed E-state index contributed by atoms with van der Waals surface area (Å²) in [5.74, 6) is 0.0639. The number of benzene rings is 1. The summed E-state index contributed by atoms with van der Waals surface area (Å²) in [7, 11) is -3.22. The van der Waals surface area contributed by atoms with Crippen LogP contribution in [0.2, 0.25) is 0 Å². The maximum Gasteiger partial charge on any atom is 0.155 e. The van der Waals surface area contributed by atoms with Crippen LogP contribution in [-0.2, 0) is 9.84 Å². The Morgan fingerprint density at radius 1 is 1.24 bits per heavy atom. The first kappa shape index (κ1) is 14.2. The van der Waals surface area contributed by atoms with Crippen LogP contribution in [0.1, 0.15) is 37.5 Å². The summed E-state index contributed by atoms with van der Waals surface area (Å²) in [6.45, 7) is 5.28. The summed E-state index contributed by atoms with van der Waals surface area (Å²) < 4.78 is 23.8. The van der Waals surface area contributed by atoms with E-state index in [-0.39, 0.29) is 5.75 Å². The summed E-state index contributed by atoms with van der Waals surface area (Å²) in [5, 5.41) is 9.53. The first-order valence-corrected chi connectivity index (χ1v) is 7.60. The molecule has 0 radical (unpaired) electrons. The summed E-state index contributed by atoms with van der Waals surface area (Å²) in [6, 6.07) is 7.36. The minimum absolute atomic E-state index is 0.0639. The quantitative estimate of drug-likeness (QED) is 0.879. The van der Waals surface area contributed by atoms with Crippen LogP contribution in [-0.4, -0.2) is 24.5 Å². The van der Waals surface area contributed by atoms with Crippen molar-refractivity contribution in [3.63, 3.8) is 0 Å². The van der Waals surface area contributed by atoms with Crippen LogP contribution in [0.3, 0.4) is 0 Å². The second kappa shape index (κ2) is 5.65. The Morgan fingerprint density at radius 2 is 1.82 bits per heavy atom. The van der Waals surface area contributed by atoms with E-state index in [0.717, 1.165) is 5.56 Å². The van der Waals surface area contributed by atoms with E-state index in [4.69, 9.17) is 0 Å². The van der Waals surface area contributed by atoms with Crippen molar-refractivity contribution in [2.45, 2.75) is 38.5 Å². The fourth-order valence-corrected chi connectivity index (χ4v) is 3.48. The molecule has 0 bridgehead atoms. The molecule has 0 aliphatic heterocycles. The molecule has 96 valence electrons. The van der Waals surface area contributed by atoms with Gasteiger partial charge in [-0.25, -0.2) is 8.42 Å². The Kier molecular flexibility index (Phi) is 4.71. The van der Waals surface area contributed by atoms with Crippen LogP contribution in [0.4, 0.5) is 0 Å². The van der Waals surface area contributed by atoms with Crippen molar-refractivity contribution in [3.05, 3.63) is 35.4 Å². The van der Waals surface area contributed by atoms with E-state index in [2.05, 4.69) is 0 Å². The highest BCUT2D eigenvalue weighted by molar-refractivity contribution is 7.92. The van der Waals surface area contributed by atoms with Gasteiger partial charge >= 0.3 is 0 Å². The molecular formula is C13H20O3S. The number of sulfone groups is 1. The molecule has 0 spiro atoms. The topological polar surface area (TPSA) is 54.4 Å². The van der Waals surface area contributed by atoms with Crippen molar-refractivity contribution < 1.29 is 13.5 Å². The molecule has 1 N–H and O–H groups in total. The molecule has 0 saturated carbocycles. The van der Waals surface area contributed by atoms with Gasteiger partial charge in [0.25, 0.3) is 0 Å². The van der Waals surface area contributed by atoms with Crippen LogP contribution in [0.25, 0.3) is 0 Å². The molecule has 3 nitrogen and oxygen atoms in total. The van der Waals surface area contributed by atoms with Gasteiger partial charge in [-0.05, 0) is 24.5 Å². The smallest absolute Gasteiger partial charge is 0.155 e. The van der Waals surface area contributed by atoms with Crippen LogP contribution < -0.4 is 0 Å². The Labute approximate surface area is 103 Å². The van der Waals surface area contributed by atoms with Gasteiger partial charge in [-0.1, -0.05) is 38.1 Å². The Balaban J connectivity index is 3.11. The van der Waals surface area contributed by atoms with Gasteiger partial charge < -0.3 is 5.11 Å². The van der Waals surface area contributed by atoms with Crippen molar-refractivity contribution in [3.8, 4) is 0 Å². The number of aryl methyl sites for hydroxylation is 1. The highest BCUT2D eigenvalue weighted by Crippen LogP contribution is 2.27. The third kappa shape index (κ3) is 3.07. The molecule has 1 rings (SSSR count). The molecule has 1 aromatic carbocycles. The molecule has 0 aliphatic rings. The SMILES string of the molecule is CC[C@@H]([C@H](O)c1ccccc1C)S(=O)(=O)CC. The van der Waals surface area contributed by atoms with Gasteiger partial charge in [-0.3, -0.25) is 0 Å². The van der Waals surface area contributed by atoms with Gasteiger partial charge in [0.15, 0.2) is 9.84 Å². The molecule has 0 aromatic heterocycles. The van der Waals surface area contributed by atoms with Gasteiger partial charge in [-0.2, -0.15) is 0 Å². The number of aliphatic hydroxyl groups is 1. The van der Waals surface area contributed by atoms with Gasteiger partial charge in [0, 0.05) is 5.75 Å². The van der Waals surface area contributed by atoms with E-state index in [1.165, 1.54) is 0 Å². The zero-order valence-electron chi connectivity index (χ0n) is 10.6. The van der Waals surface area contributed by atoms with E-state index in [1.54, 1.807) is 19.9 Å². The highest BCUT2D eigenvalue weighted by Gasteiger charge is 2.30. The molecule has 1 aromatic rings. The number of hydrogen-bond donors (Lipinski definition) is 1. The zero-order chi connectivity index (χ0) is 13.1. The van der Waals surface area contributed by atoms with Crippen LogP contribution >= 0.6 is 0 Å². The van der Waals surface area contributed by atoms with E-state index in [9.17, 15) is 13.5 Å². The molecule has 0 unspecified atom stereocenters. The molecule has 0 fully saturated rings. The minimum Gasteiger partial charge on any atom is -0.387 e. The van der Waals surface area contributed by atoms with Gasteiger partial charge in [-0.15, -0.1) is 0 Å². The fraction of sp³-hybridized carbons (Fsp3) is 0.538. The normalized spacial score (nSPS) is 15.5. The molecule has 0 saturated heterocycles. The van der Waals surface area contributed by atoms with Crippen molar-refractivity contribution in [1.82, 2.24) is 0 Å². The first-order valence-electron chi connectivity index (χ1n) is 5.89. The standard InChI is InChI=1S/C13H20O3S/c1-4-12(17(15,16)5-2)13(14)11-9-7-6-8-10(11)3/h6-9,12-14H,4-5H2,1-3H3/t12-,13+/m0/s1. The number of aliphatic hydroxyl groups excluding tert-OH is 1. The molecule has 2 atom stereocenters. The maximum absolute atomic E-state index is 11.9. The second-order valence-electron chi connectivity index (χ2n) is 4.20. The lowest BCUT2D eigenvalue weighted by Crippen LogP contribution is -2.29. The third-order valence-corrected chi connectivity index (χ3v) is 5.44. The summed E-state index contributed by atoms with van der Waals surface area (Å²) in [4.78, 5) is 0. The predicted octanol–water partition coefficient (Wildman–Crippen LogP) is 2.24.